The van der Waals surface area contributed by atoms with Crippen LogP contribution in [0.3, 0.4) is 0 Å². The fraction of sp³-hybridized carbons (Fsp3) is 0.150. The molecule has 1 aromatic carbocycles. The maximum atomic E-state index is 11.5. The Morgan fingerprint density at radius 1 is 1.35 bits per heavy atom. The first-order valence-corrected chi connectivity index (χ1v) is 8.78. The molecule has 130 valence electrons. The highest BCUT2D eigenvalue weighted by atomic mass is 32.1. The zero-order chi connectivity index (χ0) is 18.7. The molecule has 0 radical (unpaired) electrons. The maximum Gasteiger partial charge on any atom is 0.163 e. The van der Waals surface area contributed by atoms with Gasteiger partial charge in [-0.25, -0.2) is 4.98 Å². The summed E-state index contributed by atoms with van der Waals surface area (Å²) in [5, 5.41) is 20.9. The Kier molecular flexibility index (Phi) is 5.01. The molecule has 0 amide bonds. The van der Waals surface area contributed by atoms with E-state index < -0.39 is 0 Å². The number of nitriles is 1. The second-order valence-electron chi connectivity index (χ2n) is 5.79. The van der Waals surface area contributed by atoms with E-state index in [-0.39, 0.29) is 11.5 Å². The SMILES string of the molecule is CC(=O)c1ccc(OCc2csc(-c3ccc(C#N)nc3)c2)c(C)c1O. The fourth-order valence-corrected chi connectivity index (χ4v) is 3.38. The van der Waals surface area contributed by atoms with Gasteiger partial charge >= 0.3 is 0 Å². The molecule has 3 aromatic rings. The average molecular weight is 364 g/mol. The summed E-state index contributed by atoms with van der Waals surface area (Å²) in [5.74, 6) is 0.320. The van der Waals surface area contributed by atoms with Crippen molar-refractivity contribution in [2.75, 3.05) is 0 Å². The summed E-state index contributed by atoms with van der Waals surface area (Å²) in [6.45, 7) is 3.48. The van der Waals surface area contributed by atoms with Crippen LogP contribution >= 0.6 is 11.3 Å². The minimum absolute atomic E-state index is 0.0373. The van der Waals surface area contributed by atoms with Crippen LogP contribution in [0.5, 0.6) is 11.5 Å². The second-order valence-corrected chi connectivity index (χ2v) is 6.70. The summed E-state index contributed by atoms with van der Waals surface area (Å²) in [7, 11) is 0. The monoisotopic (exact) mass is 364 g/mol. The first kappa shape index (κ1) is 17.6. The Balaban J connectivity index is 1.73. The van der Waals surface area contributed by atoms with Crippen LogP contribution in [0.4, 0.5) is 0 Å². The highest BCUT2D eigenvalue weighted by molar-refractivity contribution is 7.13. The Morgan fingerprint density at radius 3 is 2.81 bits per heavy atom. The summed E-state index contributed by atoms with van der Waals surface area (Å²) in [6.07, 6.45) is 1.68. The Hall–Kier alpha value is -3.17. The van der Waals surface area contributed by atoms with Crippen LogP contribution in [-0.2, 0) is 6.61 Å². The lowest BCUT2D eigenvalue weighted by Crippen LogP contribution is -1.99. The molecule has 0 aliphatic carbocycles. The quantitative estimate of drug-likeness (QED) is 0.675. The van der Waals surface area contributed by atoms with E-state index in [0.717, 1.165) is 16.0 Å². The van der Waals surface area contributed by atoms with Gasteiger partial charge in [0.2, 0.25) is 0 Å². The van der Waals surface area contributed by atoms with E-state index in [1.165, 1.54) is 6.92 Å². The van der Waals surface area contributed by atoms with Gasteiger partial charge in [-0.2, -0.15) is 5.26 Å². The number of aromatic hydroxyl groups is 1. The predicted molar refractivity (Wildman–Crippen MR) is 99.4 cm³/mol. The maximum absolute atomic E-state index is 11.5. The van der Waals surface area contributed by atoms with Crippen molar-refractivity contribution in [3.63, 3.8) is 0 Å². The van der Waals surface area contributed by atoms with Gasteiger partial charge in [-0.15, -0.1) is 11.3 Å². The third kappa shape index (κ3) is 3.58. The fourth-order valence-electron chi connectivity index (χ4n) is 2.49. The number of Topliss-reactive ketones (excluding diaryl/α,β-unsaturated/α-hetero) is 1. The van der Waals surface area contributed by atoms with Gasteiger partial charge in [0.1, 0.15) is 29.9 Å². The van der Waals surface area contributed by atoms with Gasteiger partial charge in [0.25, 0.3) is 0 Å². The van der Waals surface area contributed by atoms with Crippen LogP contribution in [0.1, 0.15) is 34.1 Å². The van der Waals surface area contributed by atoms with Gasteiger partial charge in [-0.1, -0.05) is 0 Å². The molecule has 26 heavy (non-hydrogen) atoms. The van der Waals surface area contributed by atoms with E-state index in [0.29, 0.717) is 29.2 Å². The summed E-state index contributed by atoms with van der Waals surface area (Å²) >= 11 is 1.57. The molecule has 1 N–H and O–H groups in total. The number of carbonyl (C=O) groups is 1. The number of rotatable bonds is 5. The van der Waals surface area contributed by atoms with Gasteiger partial charge in [-0.3, -0.25) is 4.79 Å². The highest BCUT2D eigenvalue weighted by Gasteiger charge is 2.13. The van der Waals surface area contributed by atoms with Crippen molar-refractivity contribution in [1.82, 2.24) is 4.98 Å². The smallest absolute Gasteiger partial charge is 0.163 e. The standard InChI is InChI=1S/C20H16N2O3S/c1-12-18(6-5-17(13(2)23)20(12)24)25-10-14-7-19(26-11-14)15-3-4-16(8-21)22-9-15/h3-7,9,11,24H,10H2,1-2H3. The number of ketones is 1. The minimum atomic E-state index is -0.185. The molecule has 0 bridgehead atoms. The first-order chi connectivity index (χ1) is 12.5. The van der Waals surface area contributed by atoms with E-state index in [9.17, 15) is 9.90 Å². The molecule has 0 saturated heterocycles. The van der Waals surface area contributed by atoms with E-state index in [4.69, 9.17) is 10.00 Å². The molecule has 6 heteroatoms. The van der Waals surface area contributed by atoms with Crippen LogP contribution in [-0.4, -0.2) is 15.9 Å². The lowest BCUT2D eigenvalue weighted by molar-refractivity contribution is 0.101. The molecule has 0 fully saturated rings. The molecule has 2 heterocycles. The summed E-state index contributed by atoms with van der Waals surface area (Å²) in [6, 6.07) is 10.8. The van der Waals surface area contributed by atoms with E-state index in [1.54, 1.807) is 42.7 Å². The Morgan fingerprint density at radius 2 is 2.15 bits per heavy atom. The third-order valence-electron chi connectivity index (χ3n) is 3.97. The number of carbonyl (C=O) groups excluding carboxylic acids is 1. The molecule has 3 rings (SSSR count). The van der Waals surface area contributed by atoms with Gasteiger partial charge in [0, 0.05) is 27.8 Å². The van der Waals surface area contributed by atoms with Crippen molar-refractivity contribution in [1.29, 1.82) is 5.26 Å². The van der Waals surface area contributed by atoms with Gasteiger partial charge in [-0.05, 0) is 49.6 Å². The number of hydrogen-bond donors (Lipinski definition) is 1. The number of hydrogen-bond acceptors (Lipinski definition) is 6. The van der Waals surface area contributed by atoms with Gasteiger partial charge in [0.05, 0.1) is 5.56 Å². The molecular weight excluding hydrogens is 348 g/mol. The molecule has 0 saturated carbocycles. The third-order valence-corrected chi connectivity index (χ3v) is 5.00. The second kappa shape index (κ2) is 7.38. The van der Waals surface area contributed by atoms with Crippen molar-refractivity contribution < 1.29 is 14.6 Å². The molecule has 2 aromatic heterocycles. The number of phenolic OH excluding ortho intramolecular Hbond substituents is 1. The number of thiophene rings is 1. The van der Waals surface area contributed by atoms with Crippen molar-refractivity contribution in [2.24, 2.45) is 0 Å². The van der Waals surface area contributed by atoms with Crippen molar-refractivity contribution >= 4 is 17.1 Å². The van der Waals surface area contributed by atoms with Crippen molar-refractivity contribution in [3.05, 3.63) is 64.3 Å². The molecule has 0 aliphatic rings. The Bertz CT molecular complexity index is 1000. The number of ether oxygens (including phenoxy) is 1. The number of phenols is 1. The molecule has 0 unspecified atom stereocenters. The molecule has 0 atom stereocenters. The number of aromatic nitrogens is 1. The van der Waals surface area contributed by atoms with Crippen molar-refractivity contribution in [3.8, 4) is 28.0 Å². The minimum Gasteiger partial charge on any atom is -0.507 e. The Labute approximate surface area is 155 Å². The van der Waals surface area contributed by atoms with Crippen LogP contribution in [0, 0.1) is 18.3 Å². The molecule has 0 spiro atoms. The van der Waals surface area contributed by atoms with Gasteiger partial charge < -0.3 is 9.84 Å². The number of benzene rings is 1. The van der Waals surface area contributed by atoms with E-state index in [1.807, 2.05) is 23.6 Å². The van der Waals surface area contributed by atoms with E-state index >= 15 is 0 Å². The highest BCUT2D eigenvalue weighted by Crippen LogP contribution is 2.32. The van der Waals surface area contributed by atoms with Gasteiger partial charge in [0.15, 0.2) is 5.78 Å². The normalized spacial score (nSPS) is 10.3. The molecular formula is C20H16N2O3S. The van der Waals surface area contributed by atoms with E-state index in [2.05, 4.69) is 4.98 Å². The molecule has 5 nitrogen and oxygen atoms in total. The van der Waals surface area contributed by atoms with Crippen molar-refractivity contribution in [2.45, 2.75) is 20.5 Å². The summed E-state index contributed by atoms with van der Waals surface area (Å²) in [4.78, 5) is 16.6. The largest absolute Gasteiger partial charge is 0.507 e. The topological polar surface area (TPSA) is 83.2 Å². The number of pyridine rings is 1. The zero-order valence-electron chi connectivity index (χ0n) is 14.3. The van der Waals surface area contributed by atoms with Crippen LogP contribution < -0.4 is 4.74 Å². The molecule has 0 aliphatic heterocycles. The number of nitrogens with zero attached hydrogens (tertiary/aromatic N) is 2. The summed E-state index contributed by atoms with van der Waals surface area (Å²) < 4.78 is 5.80. The van der Waals surface area contributed by atoms with Crippen LogP contribution in [0.15, 0.2) is 41.9 Å². The predicted octanol–water partition coefficient (Wildman–Crippen LogP) is 4.48. The zero-order valence-corrected chi connectivity index (χ0v) is 15.1. The average Bonchev–Trinajstić information content (AvgIpc) is 3.11. The first-order valence-electron chi connectivity index (χ1n) is 7.90. The van der Waals surface area contributed by atoms with Crippen LogP contribution in [0.25, 0.3) is 10.4 Å². The lowest BCUT2D eigenvalue weighted by atomic mass is 10.1. The van der Waals surface area contributed by atoms with Crippen LogP contribution in [0.2, 0.25) is 0 Å². The lowest BCUT2D eigenvalue weighted by Gasteiger charge is -2.11. The summed E-state index contributed by atoms with van der Waals surface area (Å²) in [5.41, 5.74) is 3.16.